The van der Waals surface area contributed by atoms with Crippen molar-refractivity contribution >= 4 is 0 Å². The zero-order valence-corrected chi connectivity index (χ0v) is 20.0. The minimum atomic E-state index is 0. The fourth-order valence-electron chi connectivity index (χ4n) is 3.19. The van der Waals surface area contributed by atoms with Crippen LogP contribution in [0, 0.1) is 23.5 Å². The Labute approximate surface area is 207 Å². The number of rotatable bonds is 3. The van der Waals surface area contributed by atoms with E-state index >= 15 is 0 Å². The molecular weight excluding hydrogens is 583 g/mol. The summed E-state index contributed by atoms with van der Waals surface area (Å²) in [5.74, 6) is 0. The molecule has 2 heterocycles. The van der Waals surface area contributed by atoms with E-state index in [1.54, 1.807) is 24.4 Å². The van der Waals surface area contributed by atoms with Gasteiger partial charge in [0.25, 0.3) is 0 Å². The second kappa shape index (κ2) is 12.2. The first-order chi connectivity index (χ1) is 15.8. The van der Waals surface area contributed by atoms with Gasteiger partial charge in [-0.3, -0.25) is 0 Å². The summed E-state index contributed by atoms with van der Waals surface area (Å²) in [5.41, 5.74) is 6.51. The Bertz CT molecular complexity index is 1260. The van der Waals surface area contributed by atoms with Crippen LogP contribution in [0.4, 0.5) is 0 Å². The molecule has 5 rings (SSSR count). The molecule has 1 radical (unpaired) electrons. The zero-order valence-electron chi connectivity index (χ0n) is 17.6. The van der Waals surface area contributed by atoms with Crippen molar-refractivity contribution in [3.63, 3.8) is 0 Å². The second-order valence-electron chi connectivity index (χ2n) is 6.86. The molecule has 5 aromatic rings. The number of hydrogen-bond donors (Lipinski definition) is 0. The van der Waals surface area contributed by atoms with Gasteiger partial charge >= 0.3 is 0 Å². The standard InChI is InChI=1S/C17H12N.C12H7N2.Ir/c1-3-7-14(8-4-1)16-11-12-18-17(13-16)15-9-5-2-6-10-15;13-9-10-5-1-2-6-11(10)12-7-3-4-8-14-12;/h1-9,11-13H;1-5,7-8H;/q2*-1;. The fraction of sp³-hybridized carbons (Fsp3) is 0. The largest absolute Gasteiger partial charge is 0.305 e. The van der Waals surface area contributed by atoms with E-state index in [0.29, 0.717) is 5.56 Å². The molecule has 0 spiro atoms. The summed E-state index contributed by atoms with van der Waals surface area (Å²) in [6.45, 7) is 0. The van der Waals surface area contributed by atoms with Crippen molar-refractivity contribution in [1.29, 1.82) is 5.26 Å². The number of nitrogens with zero attached hydrogens (tertiary/aromatic N) is 3. The molecule has 0 aliphatic heterocycles. The van der Waals surface area contributed by atoms with E-state index < -0.39 is 0 Å². The Morgan fingerprint density at radius 3 is 2.12 bits per heavy atom. The summed E-state index contributed by atoms with van der Waals surface area (Å²) in [6.07, 6.45) is 3.55. The Hall–Kier alpha value is -3.90. The van der Waals surface area contributed by atoms with Crippen LogP contribution in [0.25, 0.3) is 33.6 Å². The van der Waals surface area contributed by atoms with Crippen molar-refractivity contribution in [2.24, 2.45) is 0 Å². The SMILES string of the molecule is N#Cc1ccc[c-]c1-c1ccccn1.[Ir].[c-]1ccccc1-c1cc(-c2ccccc2)ccn1. The average Bonchev–Trinajstić information content (AvgIpc) is 2.91. The van der Waals surface area contributed by atoms with Gasteiger partial charge in [0.2, 0.25) is 0 Å². The van der Waals surface area contributed by atoms with Gasteiger partial charge in [0.1, 0.15) is 0 Å². The zero-order chi connectivity index (χ0) is 22.0. The maximum Gasteiger partial charge on any atom is 0.0475 e. The molecule has 0 aliphatic rings. The van der Waals surface area contributed by atoms with E-state index in [9.17, 15) is 0 Å². The van der Waals surface area contributed by atoms with Gasteiger partial charge in [-0.05, 0) is 40.2 Å². The molecule has 33 heavy (non-hydrogen) atoms. The van der Waals surface area contributed by atoms with E-state index in [-0.39, 0.29) is 20.1 Å². The third-order valence-electron chi connectivity index (χ3n) is 4.75. The number of benzene rings is 3. The molecule has 0 amide bonds. The number of aromatic nitrogens is 2. The molecule has 3 aromatic carbocycles. The van der Waals surface area contributed by atoms with Gasteiger partial charge in [0.05, 0.1) is 0 Å². The van der Waals surface area contributed by atoms with Gasteiger partial charge in [-0.2, -0.15) is 0 Å². The molecule has 0 fully saturated rings. The number of pyridine rings is 2. The molecule has 0 N–H and O–H groups in total. The molecule has 161 valence electrons. The van der Waals surface area contributed by atoms with Gasteiger partial charge in [-0.1, -0.05) is 48.5 Å². The predicted octanol–water partition coefficient (Wildman–Crippen LogP) is 6.63. The number of nitriles is 1. The first kappa shape index (κ1) is 23.8. The van der Waals surface area contributed by atoms with E-state index in [1.807, 2.05) is 72.9 Å². The third kappa shape index (κ3) is 6.30. The fourth-order valence-corrected chi connectivity index (χ4v) is 3.19. The molecule has 0 atom stereocenters. The van der Waals surface area contributed by atoms with Crippen molar-refractivity contribution in [2.75, 3.05) is 0 Å². The monoisotopic (exact) mass is 602 g/mol. The Morgan fingerprint density at radius 1 is 0.636 bits per heavy atom. The molecule has 3 nitrogen and oxygen atoms in total. The first-order valence-electron chi connectivity index (χ1n) is 10.2. The summed E-state index contributed by atoms with van der Waals surface area (Å²) in [4.78, 5) is 8.58. The van der Waals surface area contributed by atoms with Crippen LogP contribution in [0.2, 0.25) is 0 Å². The van der Waals surface area contributed by atoms with E-state index in [0.717, 1.165) is 22.5 Å². The van der Waals surface area contributed by atoms with Crippen molar-refractivity contribution in [1.82, 2.24) is 9.97 Å². The quantitative estimate of drug-likeness (QED) is 0.218. The smallest absolute Gasteiger partial charge is 0.0475 e. The van der Waals surface area contributed by atoms with Crippen LogP contribution in [0.1, 0.15) is 5.56 Å². The topological polar surface area (TPSA) is 49.6 Å². The van der Waals surface area contributed by atoms with Crippen molar-refractivity contribution in [3.8, 4) is 39.7 Å². The van der Waals surface area contributed by atoms with E-state index in [2.05, 4.69) is 46.4 Å². The van der Waals surface area contributed by atoms with Gasteiger partial charge in [-0.25, -0.2) is 5.26 Å². The third-order valence-corrected chi connectivity index (χ3v) is 4.75. The molecule has 0 unspecified atom stereocenters. The van der Waals surface area contributed by atoms with Gasteiger partial charge in [0, 0.05) is 38.6 Å². The normalized spacial score (nSPS) is 9.55. The summed E-state index contributed by atoms with van der Waals surface area (Å²) in [5, 5.41) is 8.88. The summed E-state index contributed by atoms with van der Waals surface area (Å²) < 4.78 is 0. The van der Waals surface area contributed by atoms with Gasteiger partial charge in [0.15, 0.2) is 0 Å². The first-order valence-corrected chi connectivity index (χ1v) is 10.2. The van der Waals surface area contributed by atoms with Crippen LogP contribution in [0.5, 0.6) is 0 Å². The van der Waals surface area contributed by atoms with Crippen LogP contribution in [0.15, 0.2) is 116 Å². The van der Waals surface area contributed by atoms with Gasteiger partial charge < -0.3 is 9.97 Å². The Kier molecular flexibility index (Phi) is 8.79. The minimum Gasteiger partial charge on any atom is -0.305 e. The van der Waals surface area contributed by atoms with Crippen molar-refractivity contribution in [2.45, 2.75) is 0 Å². The van der Waals surface area contributed by atoms with E-state index in [1.165, 1.54) is 11.1 Å². The van der Waals surface area contributed by atoms with Crippen LogP contribution < -0.4 is 0 Å². The Morgan fingerprint density at radius 2 is 1.39 bits per heavy atom. The molecule has 4 heteroatoms. The summed E-state index contributed by atoms with van der Waals surface area (Å²) in [7, 11) is 0. The molecule has 0 saturated heterocycles. The minimum absolute atomic E-state index is 0. The maximum absolute atomic E-state index is 8.88. The maximum atomic E-state index is 8.88. The van der Waals surface area contributed by atoms with Gasteiger partial charge in [-0.15, -0.1) is 65.7 Å². The second-order valence-corrected chi connectivity index (χ2v) is 6.86. The summed E-state index contributed by atoms with van der Waals surface area (Å²) in [6, 6.07) is 41.6. The molecular formula is C29H19IrN3-2. The van der Waals surface area contributed by atoms with Crippen LogP contribution in [-0.2, 0) is 20.1 Å². The van der Waals surface area contributed by atoms with Crippen LogP contribution >= 0.6 is 0 Å². The van der Waals surface area contributed by atoms with Crippen molar-refractivity contribution < 1.29 is 20.1 Å². The average molecular weight is 602 g/mol. The van der Waals surface area contributed by atoms with Crippen molar-refractivity contribution in [3.05, 3.63) is 133 Å². The van der Waals surface area contributed by atoms with E-state index in [4.69, 9.17) is 5.26 Å². The molecule has 0 saturated carbocycles. The number of hydrogen-bond acceptors (Lipinski definition) is 3. The van der Waals surface area contributed by atoms with Crippen LogP contribution in [0.3, 0.4) is 0 Å². The summed E-state index contributed by atoms with van der Waals surface area (Å²) >= 11 is 0. The molecule has 0 bridgehead atoms. The Balaban J connectivity index is 0.000000186. The predicted molar refractivity (Wildman–Crippen MR) is 127 cm³/mol. The molecule has 2 aromatic heterocycles. The molecule has 0 aliphatic carbocycles. The van der Waals surface area contributed by atoms with Crippen LogP contribution in [-0.4, -0.2) is 9.97 Å².